The van der Waals surface area contributed by atoms with Crippen LogP contribution in [0.2, 0.25) is 5.02 Å². The lowest BCUT2D eigenvalue weighted by molar-refractivity contribution is 0.141. The first-order chi connectivity index (χ1) is 6.61. The summed E-state index contributed by atoms with van der Waals surface area (Å²) in [6, 6.07) is 0. The molecule has 0 saturated heterocycles. The van der Waals surface area contributed by atoms with Crippen LogP contribution in [0, 0.1) is 0 Å². The summed E-state index contributed by atoms with van der Waals surface area (Å²) in [6.45, 7) is -0.573. The quantitative estimate of drug-likeness (QED) is 0.826. The molecule has 0 aliphatic carbocycles. The fourth-order valence-corrected chi connectivity index (χ4v) is 1.56. The molecule has 1 rings (SSSR count). The molecule has 1 N–H and O–H groups in total. The number of hydrogen-bond acceptors (Lipinski definition) is 2. The number of nitrogens with zero attached hydrogens (tertiary/aromatic N) is 1. The summed E-state index contributed by atoms with van der Waals surface area (Å²) in [4.78, 5) is 3.50. The molecular weight excluding hydrogens is 235 g/mol. The highest BCUT2D eigenvalue weighted by molar-refractivity contribution is 6.33. The molecule has 0 spiro atoms. The second-order valence-electron chi connectivity index (χ2n) is 2.55. The molecule has 0 atom stereocenters. The maximum atomic E-state index is 12.4. The van der Waals surface area contributed by atoms with Crippen molar-refractivity contribution >= 4 is 23.2 Å². The molecule has 0 aromatic carbocycles. The van der Waals surface area contributed by atoms with E-state index in [2.05, 4.69) is 4.98 Å². The van der Waals surface area contributed by atoms with Gasteiger partial charge in [0.05, 0.1) is 17.5 Å². The molecule has 0 amide bonds. The monoisotopic (exact) mass is 241 g/mol. The van der Waals surface area contributed by atoms with Crippen LogP contribution in [0.1, 0.15) is 23.2 Å². The van der Waals surface area contributed by atoms with Crippen molar-refractivity contribution in [3.05, 3.63) is 28.0 Å². The number of pyridine rings is 1. The first-order valence-corrected chi connectivity index (χ1v) is 4.64. The van der Waals surface area contributed by atoms with Crippen molar-refractivity contribution in [2.24, 2.45) is 0 Å². The van der Waals surface area contributed by atoms with Gasteiger partial charge in [-0.2, -0.15) is 0 Å². The van der Waals surface area contributed by atoms with E-state index in [9.17, 15) is 8.78 Å². The Hall–Kier alpha value is -0.450. The molecule has 0 fully saturated rings. The van der Waals surface area contributed by atoms with Crippen molar-refractivity contribution in [1.82, 2.24) is 4.98 Å². The van der Waals surface area contributed by atoms with Gasteiger partial charge in [-0.3, -0.25) is 4.98 Å². The fourth-order valence-electron chi connectivity index (χ4n) is 1.02. The lowest BCUT2D eigenvalue weighted by Gasteiger charge is -2.09. The second kappa shape index (κ2) is 4.87. The van der Waals surface area contributed by atoms with E-state index in [-0.39, 0.29) is 16.5 Å². The van der Waals surface area contributed by atoms with Gasteiger partial charge in [0.1, 0.15) is 5.69 Å². The van der Waals surface area contributed by atoms with Crippen LogP contribution in [-0.2, 0) is 12.5 Å². The van der Waals surface area contributed by atoms with E-state index in [0.717, 1.165) is 0 Å². The van der Waals surface area contributed by atoms with Crippen molar-refractivity contribution < 1.29 is 13.9 Å². The molecule has 0 aliphatic rings. The first kappa shape index (κ1) is 11.6. The molecule has 14 heavy (non-hydrogen) atoms. The van der Waals surface area contributed by atoms with Gasteiger partial charge in [-0.1, -0.05) is 11.6 Å². The topological polar surface area (TPSA) is 33.1 Å². The molecule has 0 aliphatic heterocycles. The Labute approximate surface area is 89.5 Å². The molecule has 2 nitrogen and oxygen atoms in total. The highest BCUT2D eigenvalue weighted by Gasteiger charge is 2.18. The van der Waals surface area contributed by atoms with Gasteiger partial charge in [-0.05, 0) is 0 Å². The largest absolute Gasteiger partial charge is 0.392 e. The minimum absolute atomic E-state index is 0.0557. The Morgan fingerprint density at radius 1 is 1.50 bits per heavy atom. The zero-order valence-corrected chi connectivity index (χ0v) is 8.49. The Balaban J connectivity index is 3.28. The Bertz CT molecular complexity index is 333. The van der Waals surface area contributed by atoms with Crippen LogP contribution in [-0.4, -0.2) is 10.1 Å². The SMILES string of the molecule is OCc1c(C(F)F)ncc(CCl)c1Cl. The predicted octanol–water partition coefficient (Wildman–Crippen LogP) is 2.90. The zero-order valence-electron chi connectivity index (χ0n) is 6.98. The minimum Gasteiger partial charge on any atom is -0.392 e. The third-order valence-corrected chi connectivity index (χ3v) is 2.48. The Morgan fingerprint density at radius 3 is 2.57 bits per heavy atom. The van der Waals surface area contributed by atoms with Crippen molar-refractivity contribution in [3.63, 3.8) is 0 Å². The summed E-state index contributed by atoms with van der Waals surface area (Å²) in [5.74, 6) is 0.0718. The molecule has 78 valence electrons. The Morgan fingerprint density at radius 2 is 2.14 bits per heavy atom. The summed E-state index contributed by atoms with van der Waals surface area (Å²) < 4.78 is 24.7. The zero-order chi connectivity index (χ0) is 10.7. The molecule has 6 heteroatoms. The van der Waals surface area contributed by atoms with Crippen LogP contribution in [0.3, 0.4) is 0 Å². The number of aromatic nitrogens is 1. The van der Waals surface area contributed by atoms with Crippen molar-refractivity contribution in [2.75, 3.05) is 0 Å². The van der Waals surface area contributed by atoms with Crippen LogP contribution in [0.15, 0.2) is 6.20 Å². The highest BCUT2D eigenvalue weighted by atomic mass is 35.5. The van der Waals surface area contributed by atoms with E-state index in [1.807, 2.05) is 0 Å². The Kier molecular flexibility index (Phi) is 4.04. The van der Waals surface area contributed by atoms with E-state index in [1.54, 1.807) is 0 Å². The third kappa shape index (κ3) is 2.13. The summed E-state index contributed by atoms with van der Waals surface area (Å²) >= 11 is 11.2. The average Bonchev–Trinajstić information content (AvgIpc) is 2.17. The van der Waals surface area contributed by atoms with Crippen LogP contribution in [0.5, 0.6) is 0 Å². The fraction of sp³-hybridized carbons (Fsp3) is 0.375. The molecule has 1 aromatic rings. The molecular formula is C8H7Cl2F2NO. The number of hydrogen-bond donors (Lipinski definition) is 1. The molecule has 0 saturated carbocycles. The number of aliphatic hydroxyl groups excluding tert-OH is 1. The molecule has 0 unspecified atom stereocenters. The van der Waals surface area contributed by atoms with Crippen LogP contribution in [0.4, 0.5) is 8.78 Å². The van der Waals surface area contributed by atoms with Gasteiger partial charge < -0.3 is 5.11 Å². The first-order valence-electron chi connectivity index (χ1n) is 3.73. The van der Waals surface area contributed by atoms with Gasteiger partial charge in [0.15, 0.2) is 0 Å². The summed E-state index contributed by atoms with van der Waals surface area (Å²) in [7, 11) is 0. The van der Waals surface area contributed by atoms with E-state index < -0.39 is 18.7 Å². The van der Waals surface area contributed by atoms with E-state index in [0.29, 0.717) is 5.56 Å². The van der Waals surface area contributed by atoms with Gasteiger partial charge in [-0.25, -0.2) is 8.78 Å². The molecule has 0 bridgehead atoms. The average molecular weight is 242 g/mol. The number of aliphatic hydroxyl groups is 1. The van der Waals surface area contributed by atoms with Crippen LogP contribution < -0.4 is 0 Å². The third-order valence-electron chi connectivity index (χ3n) is 1.72. The standard InChI is InChI=1S/C8H7Cl2F2NO/c9-1-4-2-13-7(8(11)12)5(3-14)6(4)10/h2,8,14H,1,3H2. The predicted molar refractivity (Wildman–Crippen MR) is 49.7 cm³/mol. The second-order valence-corrected chi connectivity index (χ2v) is 3.20. The molecule has 1 aromatic heterocycles. The normalized spacial score (nSPS) is 11.0. The number of halogens is 4. The van der Waals surface area contributed by atoms with Gasteiger partial charge in [-0.15, -0.1) is 11.6 Å². The van der Waals surface area contributed by atoms with Gasteiger partial charge >= 0.3 is 0 Å². The van der Waals surface area contributed by atoms with Crippen molar-refractivity contribution in [2.45, 2.75) is 18.9 Å². The summed E-state index contributed by atoms with van der Waals surface area (Å²) in [5.41, 5.74) is -0.118. The highest BCUT2D eigenvalue weighted by Crippen LogP contribution is 2.29. The van der Waals surface area contributed by atoms with Gasteiger partial charge in [0.25, 0.3) is 6.43 Å². The number of rotatable bonds is 3. The smallest absolute Gasteiger partial charge is 0.280 e. The molecule has 0 radical (unpaired) electrons. The van der Waals surface area contributed by atoms with E-state index in [4.69, 9.17) is 28.3 Å². The molecule has 1 heterocycles. The van der Waals surface area contributed by atoms with E-state index >= 15 is 0 Å². The minimum atomic E-state index is -2.75. The summed E-state index contributed by atoms with van der Waals surface area (Å²) in [6.07, 6.45) is -1.56. The van der Waals surface area contributed by atoms with Crippen molar-refractivity contribution in [1.29, 1.82) is 0 Å². The van der Waals surface area contributed by atoms with Gasteiger partial charge in [0.2, 0.25) is 0 Å². The van der Waals surface area contributed by atoms with Crippen molar-refractivity contribution in [3.8, 4) is 0 Å². The number of alkyl halides is 3. The maximum absolute atomic E-state index is 12.4. The lowest BCUT2D eigenvalue weighted by atomic mass is 10.1. The summed E-state index contributed by atoms with van der Waals surface area (Å²) in [5, 5.41) is 8.93. The van der Waals surface area contributed by atoms with Crippen LogP contribution >= 0.6 is 23.2 Å². The van der Waals surface area contributed by atoms with E-state index in [1.165, 1.54) is 6.20 Å². The van der Waals surface area contributed by atoms with Gasteiger partial charge in [0, 0.05) is 17.3 Å². The van der Waals surface area contributed by atoms with Crippen LogP contribution in [0.25, 0.3) is 0 Å². The maximum Gasteiger partial charge on any atom is 0.280 e. The lowest BCUT2D eigenvalue weighted by Crippen LogP contribution is -2.02.